The smallest absolute Gasteiger partial charge is 0.252 e. The molecule has 114 valence electrons. The van der Waals surface area contributed by atoms with Crippen LogP contribution in [-0.2, 0) is 11.2 Å². The number of carbonyl (C=O) groups excluding carboxylic acids is 2. The van der Waals surface area contributed by atoms with Crippen molar-refractivity contribution in [3.63, 3.8) is 0 Å². The highest BCUT2D eigenvalue weighted by atomic mass is 19.1. The van der Waals surface area contributed by atoms with Crippen LogP contribution in [0.2, 0.25) is 0 Å². The maximum absolute atomic E-state index is 13.0. The van der Waals surface area contributed by atoms with Gasteiger partial charge in [0.1, 0.15) is 11.9 Å². The molecule has 5 nitrogen and oxygen atoms in total. The molecule has 0 bridgehead atoms. The molecule has 1 heterocycles. The van der Waals surface area contributed by atoms with Gasteiger partial charge in [-0.1, -0.05) is 19.1 Å². The summed E-state index contributed by atoms with van der Waals surface area (Å²) in [6.07, 6.45) is 3.74. The quantitative estimate of drug-likeness (QED) is 0.882. The number of aryl methyl sites for hydroxylation is 1. The number of hydrogen-bond acceptors (Lipinski definition) is 3. The Labute approximate surface area is 127 Å². The van der Waals surface area contributed by atoms with Crippen LogP contribution in [0.1, 0.15) is 34.5 Å². The van der Waals surface area contributed by atoms with E-state index in [-0.39, 0.29) is 0 Å². The molecule has 0 saturated carbocycles. The summed E-state index contributed by atoms with van der Waals surface area (Å²) < 4.78 is 13.0. The minimum Gasteiger partial charge on any atom is -0.368 e. The van der Waals surface area contributed by atoms with Gasteiger partial charge >= 0.3 is 0 Å². The monoisotopic (exact) mass is 301 g/mol. The fraction of sp³-hybridized carbons (Fsp3) is 0.188. The second kappa shape index (κ2) is 6.80. The van der Waals surface area contributed by atoms with Crippen molar-refractivity contribution in [1.29, 1.82) is 0 Å². The molecule has 6 heteroatoms. The van der Waals surface area contributed by atoms with Crippen LogP contribution in [0.15, 0.2) is 42.7 Å². The van der Waals surface area contributed by atoms with E-state index in [4.69, 9.17) is 5.73 Å². The highest BCUT2D eigenvalue weighted by molar-refractivity contribution is 5.98. The van der Waals surface area contributed by atoms with Gasteiger partial charge < -0.3 is 11.1 Å². The molecule has 0 fully saturated rings. The first-order chi connectivity index (χ1) is 10.5. The molecule has 1 atom stereocenters. The average molecular weight is 301 g/mol. The van der Waals surface area contributed by atoms with Gasteiger partial charge in [0.2, 0.25) is 5.91 Å². The first-order valence-electron chi connectivity index (χ1n) is 6.81. The predicted molar refractivity (Wildman–Crippen MR) is 79.4 cm³/mol. The summed E-state index contributed by atoms with van der Waals surface area (Å²) in [4.78, 5) is 27.9. The third-order valence-electron chi connectivity index (χ3n) is 3.29. The van der Waals surface area contributed by atoms with Crippen LogP contribution in [0.5, 0.6) is 0 Å². The third-order valence-corrected chi connectivity index (χ3v) is 3.29. The van der Waals surface area contributed by atoms with Crippen molar-refractivity contribution in [1.82, 2.24) is 10.3 Å². The number of rotatable bonds is 5. The summed E-state index contributed by atoms with van der Waals surface area (Å²) in [5, 5.41) is 2.58. The molecule has 22 heavy (non-hydrogen) atoms. The highest BCUT2D eigenvalue weighted by Crippen LogP contribution is 2.15. The number of aromatic nitrogens is 1. The van der Waals surface area contributed by atoms with Crippen molar-refractivity contribution in [3.05, 3.63) is 65.2 Å². The van der Waals surface area contributed by atoms with E-state index in [0.717, 1.165) is 5.56 Å². The van der Waals surface area contributed by atoms with Crippen molar-refractivity contribution < 1.29 is 14.0 Å². The van der Waals surface area contributed by atoms with Crippen LogP contribution in [0.3, 0.4) is 0 Å². The van der Waals surface area contributed by atoms with Crippen molar-refractivity contribution in [2.45, 2.75) is 19.4 Å². The molecule has 0 aliphatic rings. The van der Waals surface area contributed by atoms with E-state index >= 15 is 0 Å². The van der Waals surface area contributed by atoms with E-state index in [9.17, 15) is 14.0 Å². The highest BCUT2D eigenvalue weighted by Gasteiger charge is 2.22. The van der Waals surface area contributed by atoms with Gasteiger partial charge in [0, 0.05) is 18.0 Å². The SMILES string of the molecule is CCc1cnccc1C(=O)N[C@H](C(N)=O)c1ccc(F)cc1. The zero-order chi connectivity index (χ0) is 16.1. The molecule has 3 N–H and O–H groups in total. The molecule has 0 aliphatic carbocycles. The molecule has 1 aromatic heterocycles. The lowest BCUT2D eigenvalue weighted by molar-refractivity contribution is -0.120. The summed E-state index contributed by atoms with van der Waals surface area (Å²) in [7, 11) is 0. The van der Waals surface area contributed by atoms with Gasteiger partial charge in [-0.15, -0.1) is 0 Å². The van der Waals surface area contributed by atoms with Gasteiger partial charge in [-0.3, -0.25) is 14.6 Å². The number of halogens is 1. The molecule has 1 aromatic carbocycles. The normalized spacial score (nSPS) is 11.7. The molecule has 2 aromatic rings. The molecule has 0 aliphatic heterocycles. The summed E-state index contributed by atoms with van der Waals surface area (Å²) in [5.74, 6) is -1.57. The van der Waals surface area contributed by atoms with Crippen LogP contribution in [0, 0.1) is 5.82 Å². The van der Waals surface area contributed by atoms with Crippen LogP contribution in [-0.4, -0.2) is 16.8 Å². The number of carbonyl (C=O) groups is 2. The standard InChI is InChI=1S/C16H16FN3O2/c1-2-10-9-19-8-7-13(10)16(22)20-14(15(18)21)11-3-5-12(17)6-4-11/h3-9,14H,2H2,1H3,(H2,18,21)(H,20,22)/t14-/m0/s1. The summed E-state index contributed by atoms with van der Waals surface area (Å²) >= 11 is 0. The molecule has 0 radical (unpaired) electrons. The number of hydrogen-bond donors (Lipinski definition) is 2. The van der Waals surface area contributed by atoms with Crippen molar-refractivity contribution >= 4 is 11.8 Å². The Morgan fingerprint density at radius 3 is 2.55 bits per heavy atom. The molecule has 0 spiro atoms. The summed E-state index contributed by atoms with van der Waals surface area (Å²) in [6, 6.07) is 5.81. The van der Waals surface area contributed by atoms with Crippen LogP contribution < -0.4 is 11.1 Å². The van der Waals surface area contributed by atoms with Gasteiger partial charge in [-0.25, -0.2) is 4.39 Å². The van der Waals surface area contributed by atoms with Gasteiger partial charge in [0.15, 0.2) is 0 Å². The van der Waals surface area contributed by atoms with Crippen LogP contribution in [0.4, 0.5) is 4.39 Å². The molecule has 0 unspecified atom stereocenters. The number of nitrogens with zero attached hydrogens (tertiary/aromatic N) is 1. The Morgan fingerprint density at radius 2 is 1.95 bits per heavy atom. The maximum Gasteiger partial charge on any atom is 0.252 e. The van der Waals surface area contributed by atoms with E-state index in [1.54, 1.807) is 12.3 Å². The second-order valence-corrected chi connectivity index (χ2v) is 4.75. The largest absolute Gasteiger partial charge is 0.368 e. The maximum atomic E-state index is 13.0. The van der Waals surface area contributed by atoms with Gasteiger partial charge in [0.05, 0.1) is 0 Å². The van der Waals surface area contributed by atoms with E-state index in [2.05, 4.69) is 10.3 Å². The van der Waals surface area contributed by atoms with Gasteiger partial charge in [0.25, 0.3) is 5.91 Å². The molecular weight excluding hydrogens is 285 g/mol. The van der Waals surface area contributed by atoms with E-state index in [1.807, 2.05) is 6.92 Å². The Kier molecular flexibility index (Phi) is 4.83. The lowest BCUT2D eigenvalue weighted by atomic mass is 10.0. The topological polar surface area (TPSA) is 85.1 Å². The molecular formula is C16H16FN3O2. The molecule has 2 amide bonds. The van der Waals surface area contributed by atoms with Gasteiger partial charge in [-0.2, -0.15) is 0 Å². The number of pyridine rings is 1. The fourth-order valence-corrected chi connectivity index (χ4v) is 2.11. The predicted octanol–water partition coefficient (Wildman–Crippen LogP) is 1.74. The van der Waals surface area contributed by atoms with Crippen molar-refractivity contribution in [2.24, 2.45) is 5.73 Å². The Hall–Kier alpha value is -2.76. The van der Waals surface area contributed by atoms with E-state index in [0.29, 0.717) is 17.5 Å². The van der Waals surface area contributed by atoms with E-state index < -0.39 is 23.7 Å². The third kappa shape index (κ3) is 3.46. The average Bonchev–Trinajstić information content (AvgIpc) is 2.53. The number of primary amides is 1. The fourth-order valence-electron chi connectivity index (χ4n) is 2.11. The van der Waals surface area contributed by atoms with Crippen LogP contribution in [0.25, 0.3) is 0 Å². The van der Waals surface area contributed by atoms with Gasteiger partial charge in [-0.05, 0) is 35.7 Å². The van der Waals surface area contributed by atoms with Crippen LogP contribution >= 0.6 is 0 Å². The number of benzene rings is 1. The van der Waals surface area contributed by atoms with Crippen molar-refractivity contribution in [3.8, 4) is 0 Å². The second-order valence-electron chi connectivity index (χ2n) is 4.75. The Balaban J connectivity index is 2.26. The minimum absolute atomic E-state index is 0.424. The Bertz CT molecular complexity index is 686. The van der Waals surface area contributed by atoms with Crippen molar-refractivity contribution in [2.75, 3.05) is 0 Å². The van der Waals surface area contributed by atoms with E-state index in [1.165, 1.54) is 30.5 Å². The molecule has 2 rings (SSSR count). The lowest BCUT2D eigenvalue weighted by Gasteiger charge is -2.17. The molecule has 0 saturated heterocycles. The minimum atomic E-state index is -1.02. The zero-order valence-corrected chi connectivity index (χ0v) is 12.0. The first-order valence-corrected chi connectivity index (χ1v) is 6.81. The number of nitrogens with two attached hydrogens (primary N) is 1. The summed E-state index contributed by atoms with van der Waals surface area (Å²) in [6.45, 7) is 1.90. The summed E-state index contributed by atoms with van der Waals surface area (Å²) in [5.41, 5.74) is 6.97. The zero-order valence-electron chi connectivity index (χ0n) is 12.0. The first kappa shape index (κ1) is 15.6. The lowest BCUT2D eigenvalue weighted by Crippen LogP contribution is -2.37. The number of nitrogens with one attached hydrogen (secondary N) is 1. The number of amides is 2. The Morgan fingerprint density at radius 1 is 1.27 bits per heavy atom.